The molecule has 0 radical (unpaired) electrons. The molecule has 0 aliphatic rings. The molecule has 0 saturated carbocycles. The van der Waals surface area contributed by atoms with Gasteiger partial charge in [0, 0.05) is 37.2 Å². The van der Waals surface area contributed by atoms with Gasteiger partial charge in [-0.1, -0.05) is 0 Å². The van der Waals surface area contributed by atoms with Crippen LogP contribution in [0.1, 0.15) is 13.8 Å². The molecule has 0 aliphatic carbocycles. The predicted molar refractivity (Wildman–Crippen MR) is 58.3 cm³/mol. The van der Waals surface area contributed by atoms with Crippen LogP contribution in [-0.2, 0) is 19.6 Å². The molecule has 11 heavy (non-hydrogen) atoms. The lowest BCUT2D eigenvalue weighted by molar-refractivity contribution is -0.488. The van der Waals surface area contributed by atoms with Gasteiger partial charge < -0.3 is 0 Å². The van der Waals surface area contributed by atoms with Gasteiger partial charge in [-0.2, -0.15) is 9.78 Å². The van der Waals surface area contributed by atoms with E-state index in [-0.39, 0.29) is 0 Å². The van der Waals surface area contributed by atoms with Gasteiger partial charge in [-0.3, -0.25) is 0 Å². The highest BCUT2D eigenvalue weighted by Gasteiger charge is 2.20. The molecule has 0 unspecified atom stereocenters. The van der Waals surface area contributed by atoms with E-state index in [1.807, 2.05) is 0 Å². The summed E-state index contributed by atoms with van der Waals surface area (Å²) in [5, 5.41) is 0. The Morgan fingerprint density at radius 3 is 1.36 bits per heavy atom. The van der Waals surface area contributed by atoms with E-state index in [1.165, 1.54) is 14.2 Å². The molecule has 0 rings (SSSR count). The second-order valence-corrected chi connectivity index (χ2v) is 1.90. The van der Waals surface area contributed by atoms with E-state index in [1.54, 1.807) is 13.8 Å². The zero-order valence-corrected chi connectivity index (χ0v) is 11.2. The topological polar surface area (TPSA) is 36.9 Å². The maximum atomic E-state index is 4.62. The summed E-state index contributed by atoms with van der Waals surface area (Å²) in [6, 6.07) is 0. The van der Waals surface area contributed by atoms with Gasteiger partial charge in [0.05, 0.1) is 14.2 Å². The number of hydrogen-bond donors (Lipinski definition) is 0. The van der Waals surface area contributed by atoms with E-state index < -0.39 is 5.79 Å². The predicted octanol–water partition coefficient (Wildman–Crippen LogP) is 2.65. The largest absolute Gasteiger partial charge is 0.237 e. The van der Waals surface area contributed by atoms with Gasteiger partial charge in [-0.15, -0.1) is 0 Å². The summed E-state index contributed by atoms with van der Waals surface area (Å²) >= 11 is 4.24. The normalized spacial score (nSPS) is 10.4. The van der Waals surface area contributed by atoms with Crippen LogP contribution in [0.2, 0.25) is 0 Å². The second kappa shape index (κ2) is 9.39. The molecule has 0 heterocycles. The smallest absolute Gasteiger partial charge is 0.228 e. The summed E-state index contributed by atoms with van der Waals surface area (Å²) in [4.78, 5) is 18.0. The number of hydrogen-bond acceptors (Lipinski definition) is 4. The molecule has 0 aliphatic heterocycles. The lowest BCUT2D eigenvalue weighted by atomic mass is 10.4. The van der Waals surface area contributed by atoms with E-state index in [0.29, 0.717) is 0 Å². The van der Waals surface area contributed by atoms with E-state index in [2.05, 4.69) is 56.8 Å². The first-order valence-corrected chi connectivity index (χ1v) is 8.99. The summed E-state index contributed by atoms with van der Waals surface area (Å²) in [6.07, 6.45) is 0. The van der Waals surface area contributed by atoms with E-state index >= 15 is 0 Å². The Balaban J connectivity index is 0. The average Bonchev–Trinajstić information content (AvgIpc) is 1.91. The van der Waals surface area contributed by atoms with Crippen molar-refractivity contribution in [1.82, 2.24) is 0 Å². The van der Waals surface area contributed by atoms with Gasteiger partial charge in [0.15, 0.2) is 0 Å². The fourth-order valence-electron chi connectivity index (χ4n) is 0.415. The van der Waals surface area contributed by atoms with Crippen LogP contribution in [-0.4, -0.2) is 20.0 Å². The molecule has 70 valence electrons. The molecule has 0 fully saturated rings. The zero-order chi connectivity index (χ0) is 9.33. The molecule has 6 heteroatoms. The van der Waals surface area contributed by atoms with Gasteiger partial charge in [-0.05, 0) is 13.8 Å². The number of halogens is 2. The summed E-state index contributed by atoms with van der Waals surface area (Å²) in [7, 11) is 2.81. The van der Waals surface area contributed by atoms with Crippen molar-refractivity contribution in [3.8, 4) is 0 Å². The highest BCUT2D eigenvalue weighted by molar-refractivity contribution is 15.0. The molecule has 0 aromatic heterocycles. The van der Waals surface area contributed by atoms with Crippen molar-refractivity contribution in [3.05, 3.63) is 0 Å². The molecule has 0 bridgehead atoms. The SMILES string of the molecule is COOC(C)(C)OOC.II. The van der Waals surface area contributed by atoms with Gasteiger partial charge in [0.2, 0.25) is 5.79 Å². The lowest BCUT2D eigenvalue weighted by Gasteiger charge is -2.19. The third-order valence-electron chi connectivity index (χ3n) is 0.568. The van der Waals surface area contributed by atoms with Crippen LogP contribution in [0.25, 0.3) is 0 Å². The molecule has 0 saturated heterocycles. The summed E-state index contributed by atoms with van der Waals surface area (Å²) in [5.41, 5.74) is 0. The fourth-order valence-corrected chi connectivity index (χ4v) is 0.415. The summed E-state index contributed by atoms with van der Waals surface area (Å²) < 4.78 is 0. The van der Waals surface area contributed by atoms with Crippen LogP contribution in [0, 0.1) is 0 Å². The quantitative estimate of drug-likeness (QED) is 0.320. The first-order valence-electron chi connectivity index (χ1n) is 2.70. The van der Waals surface area contributed by atoms with E-state index in [0.717, 1.165) is 0 Å². The minimum absolute atomic E-state index is 0.844. The highest BCUT2D eigenvalue weighted by Crippen LogP contribution is 2.09. The molecule has 0 N–H and O–H groups in total. The van der Waals surface area contributed by atoms with Crippen molar-refractivity contribution in [3.63, 3.8) is 0 Å². The maximum absolute atomic E-state index is 4.62. The van der Waals surface area contributed by atoms with Crippen LogP contribution in [0.5, 0.6) is 0 Å². The number of rotatable bonds is 4. The minimum Gasteiger partial charge on any atom is -0.237 e. The fraction of sp³-hybridized carbons (Fsp3) is 1.00. The Morgan fingerprint density at radius 2 is 1.18 bits per heavy atom. The lowest BCUT2D eigenvalue weighted by Crippen LogP contribution is -2.27. The molecule has 4 nitrogen and oxygen atoms in total. The Labute approximate surface area is 90.1 Å². The van der Waals surface area contributed by atoms with Crippen molar-refractivity contribution in [2.75, 3.05) is 14.2 Å². The Bertz CT molecular complexity index is 70.9. The molecule has 0 amide bonds. The van der Waals surface area contributed by atoms with Crippen molar-refractivity contribution in [1.29, 1.82) is 0 Å². The monoisotopic (exact) mass is 390 g/mol. The molecular formula is C5H12I2O4. The van der Waals surface area contributed by atoms with Crippen molar-refractivity contribution < 1.29 is 19.6 Å². The third-order valence-corrected chi connectivity index (χ3v) is 0.568. The van der Waals surface area contributed by atoms with Crippen molar-refractivity contribution >= 4 is 37.2 Å². The Morgan fingerprint density at radius 1 is 0.909 bits per heavy atom. The first-order chi connectivity index (χ1) is 5.12. The standard InChI is InChI=1S/C5H12O4.I2/c1-5(2,8-6-3)9-7-4;1-2/h1-4H3;. The third kappa shape index (κ3) is 11.3. The van der Waals surface area contributed by atoms with Crippen molar-refractivity contribution in [2.45, 2.75) is 19.6 Å². The van der Waals surface area contributed by atoms with Gasteiger partial charge in [-0.25, -0.2) is 9.78 Å². The summed E-state index contributed by atoms with van der Waals surface area (Å²) in [6.45, 7) is 3.33. The molecule has 0 aromatic carbocycles. The van der Waals surface area contributed by atoms with Crippen LogP contribution in [0.4, 0.5) is 0 Å². The first kappa shape index (κ1) is 14.8. The van der Waals surface area contributed by atoms with Crippen LogP contribution < -0.4 is 0 Å². The molecule has 0 aromatic rings. The van der Waals surface area contributed by atoms with Crippen LogP contribution in [0.15, 0.2) is 0 Å². The van der Waals surface area contributed by atoms with Crippen LogP contribution >= 0.6 is 37.2 Å². The van der Waals surface area contributed by atoms with Gasteiger partial charge >= 0.3 is 0 Å². The molecular weight excluding hydrogens is 378 g/mol. The Hall–Kier alpha value is 1.30. The van der Waals surface area contributed by atoms with Gasteiger partial charge in [0.25, 0.3) is 0 Å². The average molecular weight is 390 g/mol. The van der Waals surface area contributed by atoms with E-state index in [4.69, 9.17) is 0 Å². The van der Waals surface area contributed by atoms with Crippen molar-refractivity contribution in [2.24, 2.45) is 0 Å². The highest BCUT2D eigenvalue weighted by atomic mass is 128. The second-order valence-electron chi connectivity index (χ2n) is 1.90. The van der Waals surface area contributed by atoms with Gasteiger partial charge in [0.1, 0.15) is 0 Å². The zero-order valence-electron chi connectivity index (χ0n) is 6.89. The molecule has 0 atom stereocenters. The Kier molecular flexibility index (Phi) is 12.6. The maximum Gasteiger partial charge on any atom is 0.228 e. The van der Waals surface area contributed by atoms with E-state index in [9.17, 15) is 0 Å². The minimum atomic E-state index is -0.844. The summed E-state index contributed by atoms with van der Waals surface area (Å²) in [5.74, 6) is -0.844. The van der Waals surface area contributed by atoms with Crippen LogP contribution in [0.3, 0.4) is 0 Å². The molecule has 0 spiro atoms.